The molecule has 3 aromatic rings. The van der Waals surface area contributed by atoms with Crippen molar-refractivity contribution in [1.29, 1.82) is 0 Å². The summed E-state index contributed by atoms with van der Waals surface area (Å²) in [6, 6.07) is 16.7. The highest BCUT2D eigenvalue weighted by Crippen LogP contribution is 2.21. The number of allylic oxidation sites excluding steroid dienone is 1. The van der Waals surface area contributed by atoms with Crippen LogP contribution in [0.25, 0.3) is 10.9 Å². The largest absolute Gasteiger partial charge is 0.478 e. The molecule has 3 rings (SSSR count). The average Bonchev–Trinajstić information content (AvgIpc) is 2.95. The van der Waals surface area contributed by atoms with Crippen molar-refractivity contribution in [2.24, 2.45) is 0 Å². The molecule has 1 aromatic heterocycles. The van der Waals surface area contributed by atoms with Crippen molar-refractivity contribution in [2.45, 2.75) is 26.3 Å². The Balaban J connectivity index is 1.49. The van der Waals surface area contributed by atoms with Gasteiger partial charge >= 0.3 is 5.97 Å². The van der Waals surface area contributed by atoms with Crippen LogP contribution in [0.1, 0.15) is 22.4 Å². The highest BCUT2D eigenvalue weighted by atomic mass is 16.4. The Morgan fingerprint density at radius 1 is 1.12 bits per heavy atom. The van der Waals surface area contributed by atoms with E-state index < -0.39 is 5.97 Å². The standard InChI is InChI=1S/C22H24N2O2/c1-16-19(20-6-2-3-7-21(20)24-16)13-14-23-15-18-11-9-17(10-12-18)5-4-8-22(25)26/h2-4,6-12,23-24H,5,13-15H2,1H3,(H,25,26). The van der Waals surface area contributed by atoms with Gasteiger partial charge in [0, 0.05) is 29.2 Å². The number of rotatable bonds is 8. The Morgan fingerprint density at radius 2 is 1.85 bits per heavy atom. The number of aromatic amines is 1. The Kier molecular flexibility index (Phi) is 5.87. The maximum Gasteiger partial charge on any atom is 0.327 e. The van der Waals surface area contributed by atoms with Crippen molar-refractivity contribution in [1.82, 2.24) is 10.3 Å². The number of aliphatic carboxylic acids is 1. The molecular formula is C22H24N2O2. The molecule has 2 aromatic carbocycles. The summed E-state index contributed by atoms with van der Waals surface area (Å²) in [5.74, 6) is -0.906. The molecule has 0 saturated heterocycles. The minimum Gasteiger partial charge on any atom is -0.478 e. The molecule has 134 valence electrons. The predicted octanol–water partition coefficient (Wildman–Crippen LogP) is 3.99. The van der Waals surface area contributed by atoms with E-state index in [1.807, 2.05) is 12.1 Å². The molecule has 4 heteroatoms. The van der Waals surface area contributed by atoms with Gasteiger partial charge in [-0.15, -0.1) is 0 Å². The van der Waals surface area contributed by atoms with Crippen LogP contribution in [0.2, 0.25) is 0 Å². The Morgan fingerprint density at radius 3 is 2.62 bits per heavy atom. The van der Waals surface area contributed by atoms with Gasteiger partial charge in [-0.25, -0.2) is 4.79 Å². The number of aryl methyl sites for hydroxylation is 1. The normalized spacial score (nSPS) is 11.4. The second kappa shape index (κ2) is 8.50. The Hall–Kier alpha value is -2.85. The summed E-state index contributed by atoms with van der Waals surface area (Å²) in [5.41, 5.74) is 6.17. The van der Waals surface area contributed by atoms with Crippen molar-refractivity contribution in [2.75, 3.05) is 6.54 Å². The second-order valence-corrected chi connectivity index (χ2v) is 6.46. The molecule has 0 aliphatic carbocycles. The smallest absolute Gasteiger partial charge is 0.327 e. The number of carboxylic acids is 1. The molecule has 0 fully saturated rings. The van der Waals surface area contributed by atoms with E-state index in [0.717, 1.165) is 25.1 Å². The van der Waals surface area contributed by atoms with Crippen LogP contribution in [-0.2, 0) is 24.2 Å². The van der Waals surface area contributed by atoms with E-state index in [1.54, 1.807) is 6.08 Å². The zero-order valence-corrected chi connectivity index (χ0v) is 15.0. The molecule has 0 saturated carbocycles. The van der Waals surface area contributed by atoms with Crippen LogP contribution < -0.4 is 5.32 Å². The third kappa shape index (κ3) is 4.61. The van der Waals surface area contributed by atoms with Crippen molar-refractivity contribution in [3.63, 3.8) is 0 Å². The number of carboxylic acid groups (broad SMARTS) is 1. The highest BCUT2D eigenvalue weighted by Gasteiger charge is 2.07. The number of nitrogens with one attached hydrogen (secondary N) is 2. The van der Waals surface area contributed by atoms with Crippen molar-refractivity contribution in [3.8, 4) is 0 Å². The quantitative estimate of drug-likeness (QED) is 0.426. The van der Waals surface area contributed by atoms with Crippen LogP contribution in [0.5, 0.6) is 0 Å². The van der Waals surface area contributed by atoms with Crippen LogP contribution in [-0.4, -0.2) is 22.6 Å². The van der Waals surface area contributed by atoms with Crippen molar-refractivity contribution < 1.29 is 9.90 Å². The van der Waals surface area contributed by atoms with Gasteiger partial charge in [-0.05, 0) is 49.1 Å². The van der Waals surface area contributed by atoms with Crippen LogP contribution >= 0.6 is 0 Å². The lowest BCUT2D eigenvalue weighted by molar-refractivity contribution is -0.131. The van der Waals surface area contributed by atoms with Gasteiger partial charge in [0.25, 0.3) is 0 Å². The molecule has 1 heterocycles. The summed E-state index contributed by atoms with van der Waals surface area (Å²) in [4.78, 5) is 13.9. The molecule has 0 bridgehead atoms. The minimum absolute atomic E-state index is 0.639. The summed E-state index contributed by atoms with van der Waals surface area (Å²) < 4.78 is 0. The van der Waals surface area contributed by atoms with Gasteiger partial charge in [-0.1, -0.05) is 48.5 Å². The molecule has 0 aliphatic heterocycles. The van der Waals surface area contributed by atoms with E-state index in [4.69, 9.17) is 5.11 Å². The fourth-order valence-corrected chi connectivity index (χ4v) is 3.19. The Bertz CT molecular complexity index is 908. The summed E-state index contributed by atoms with van der Waals surface area (Å²) in [7, 11) is 0. The summed E-state index contributed by atoms with van der Waals surface area (Å²) in [5, 5.41) is 13.4. The lowest BCUT2D eigenvalue weighted by atomic mass is 10.1. The maximum atomic E-state index is 10.5. The molecule has 0 atom stereocenters. The zero-order valence-electron chi connectivity index (χ0n) is 15.0. The summed E-state index contributed by atoms with van der Waals surface area (Å²) in [6.07, 6.45) is 4.48. The molecule has 3 N–H and O–H groups in total. The molecule has 26 heavy (non-hydrogen) atoms. The number of hydrogen-bond donors (Lipinski definition) is 3. The third-order valence-electron chi connectivity index (χ3n) is 4.54. The van der Waals surface area contributed by atoms with Crippen molar-refractivity contribution in [3.05, 3.63) is 83.1 Å². The van der Waals surface area contributed by atoms with Gasteiger partial charge in [0.2, 0.25) is 0 Å². The van der Waals surface area contributed by atoms with Gasteiger partial charge in [0.15, 0.2) is 0 Å². The first-order valence-electron chi connectivity index (χ1n) is 8.87. The van der Waals surface area contributed by atoms with Crippen LogP contribution in [0.3, 0.4) is 0 Å². The number of H-pyrrole nitrogens is 1. The monoisotopic (exact) mass is 348 g/mol. The SMILES string of the molecule is Cc1[nH]c2ccccc2c1CCNCc1ccc(CC=CC(=O)O)cc1. The first-order chi connectivity index (χ1) is 12.6. The number of fused-ring (bicyclic) bond motifs is 1. The first-order valence-corrected chi connectivity index (χ1v) is 8.87. The van der Waals surface area contributed by atoms with Gasteiger partial charge < -0.3 is 15.4 Å². The van der Waals surface area contributed by atoms with Gasteiger partial charge in [-0.3, -0.25) is 0 Å². The van der Waals surface area contributed by atoms with E-state index in [0.29, 0.717) is 6.42 Å². The molecule has 0 spiro atoms. The topological polar surface area (TPSA) is 65.1 Å². The zero-order chi connectivity index (χ0) is 18.4. The molecular weight excluding hydrogens is 324 g/mol. The lowest BCUT2D eigenvalue weighted by Gasteiger charge is -2.06. The van der Waals surface area contributed by atoms with E-state index in [9.17, 15) is 4.79 Å². The van der Waals surface area contributed by atoms with E-state index in [1.165, 1.54) is 33.8 Å². The molecule has 0 amide bonds. The number of carbonyl (C=O) groups is 1. The van der Waals surface area contributed by atoms with Gasteiger partial charge in [0.1, 0.15) is 0 Å². The lowest BCUT2D eigenvalue weighted by Crippen LogP contribution is -2.16. The van der Waals surface area contributed by atoms with Crippen LogP contribution in [0.15, 0.2) is 60.7 Å². The van der Waals surface area contributed by atoms with Gasteiger partial charge in [-0.2, -0.15) is 0 Å². The van der Waals surface area contributed by atoms with Crippen molar-refractivity contribution >= 4 is 16.9 Å². The van der Waals surface area contributed by atoms with Crippen LogP contribution in [0.4, 0.5) is 0 Å². The summed E-state index contributed by atoms with van der Waals surface area (Å²) in [6.45, 7) is 3.88. The van der Waals surface area contributed by atoms with Gasteiger partial charge in [0.05, 0.1) is 0 Å². The van der Waals surface area contributed by atoms with Crippen LogP contribution in [0, 0.1) is 6.92 Å². The van der Waals surface area contributed by atoms with E-state index >= 15 is 0 Å². The maximum absolute atomic E-state index is 10.5. The number of hydrogen-bond acceptors (Lipinski definition) is 2. The number of benzene rings is 2. The minimum atomic E-state index is -0.906. The molecule has 4 nitrogen and oxygen atoms in total. The molecule has 0 aliphatic rings. The predicted molar refractivity (Wildman–Crippen MR) is 105 cm³/mol. The third-order valence-corrected chi connectivity index (χ3v) is 4.54. The first kappa shape index (κ1) is 18.0. The number of aromatic nitrogens is 1. The number of para-hydroxylation sites is 1. The van der Waals surface area contributed by atoms with E-state index in [-0.39, 0.29) is 0 Å². The molecule has 0 radical (unpaired) electrons. The molecule has 0 unspecified atom stereocenters. The fourth-order valence-electron chi connectivity index (χ4n) is 3.19. The summed E-state index contributed by atoms with van der Waals surface area (Å²) >= 11 is 0. The fraction of sp³-hybridized carbons (Fsp3) is 0.227. The second-order valence-electron chi connectivity index (χ2n) is 6.46. The van der Waals surface area contributed by atoms with E-state index in [2.05, 4.69) is 53.6 Å². The Labute approximate surface area is 153 Å². The highest BCUT2D eigenvalue weighted by molar-refractivity contribution is 5.84. The average molecular weight is 348 g/mol.